The van der Waals surface area contributed by atoms with Crippen LogP contribution in [0.3, 0.4) is 0 Å². The summed E-state index contributed by atoms with van der Waals surface area (Å²) in [5, 5.41) is 5.63. The molecule has 0 saturated carbocycles. The third-order valence-corrected chi connectivity index (χ3v) is 4.88. The minimum absolute atomic E-state index is 0.0636. The highest BCUT2D eigenvalue weighted by Gasteiger charge is 2.35. The number of benzene rings is 2. The number of hydrogen-bond donors (Lipinski definition) is 2. The molecule has 2 aromatic carbocycles. The lowest BCUT2D eigenvalue weighted by Crippen LogP contribution is -2.29. The van der Waals surface area contributed by atoms with Gasteiger partial charge in [0.2, 0.25) is 11.8 Å². The fraction of sp³-hybridized carbons (Fsp3) is 0.318. The maximum absolute atomic E-state index is 13.1. The van der Waals surface area contributed by atoms with E-state index in [1.807, 2.05) is 6.92 Å². The van der Waals surface area contributed by atoms with Gasteiger partial charge in [0.25, 0.3) is 5.91 Å². The number of carbonyl (C=O) groups excluding carboxylic acids is 3. The van der Waals surface area contributed by atoms with Crippen LogP contribution in [-0.2, 0) is 9.59 Å². The molecule has 29 heavy (non-hydrogen) atoms. The number of nitrogens with zero attached hydrogens (tertiary/aromatic N) is 1. The van der Waals surface area contributed by atoms with Crippen molar-refractivity contribution in [3.8, 4) is 0 Å². The Bertz CT molecular complexity index is 898. The molecule has 3 rings (SSSR count). The van der Waals surface area contributed by atoms with Gasteiger partial charge in [-0.15, -0.1) is 0 Å². The van der Waals surface area contributed by atoms with Gasteiger partial charge in [-0.1, -0.05) is 25.5 Å². The summed E-state index contributed by atoms with van der Waals surface area (Å²) < 4.78 is 13.1. The highest BCUT2D eigenvalue weighted by atomic mass is 19.1. The van der Waals surface area contributed by atoms with Gasteiger partial charge in [-0.2, -0.15) is 0 Å². The third-order valence-electron chi connectivity index (χ3n) is 4.88. The van der Waals surface area contributed by atoms with E-state index in [4.69, 9.17) is 0 Å². The quantitative estimate of drug-likeness (QED) is 0.704. The van der Waals surface area contributed by atoms with Gasteiger partial charge in [0, 0.05) is 25.2 Å². The minimum Gasteiger partial charge on any atom is -0.352 e. The first-order chi connectivity index (χ1) is 14.0. The minimum atomic E-state index is -0.552. The van der Waals surface area contributed by atoms with Crippen LogP contribution < -0.4 is 15.5 Å². The van der Waals surface area contributed by atoms with Crippen molar-refractivity contribution in [2.24, 2.45) is 5.92 Å². The lowest BCUT2D eigenvalue weighted by molar-refractivity contribution is -0.122. The predicted octanol–water partition coefficient (Wildman–Crippen LogP) is 3.35. The molecular weight excluding hydrogens is 373 g/mol. The standard InChI is InChI=1S/C22H24FN3O3/c1-2-3-12-24-22(29)18-6-4-5-7-19(18)25-21(28)15-13-20(27)26(14-15)17-10-8-16(23)9-11-17/h4-11,15H,2-3,12-14H2,1H3,(H,24,29)(H,25,28). The molecule has 7 heteroatoms. The molecule has 2 N–H and O–H groups in total. The van der Waals surface area contributed by atoms with E-state index in [1.54, 1.807) is 24.3 Å². The van der Waals surface area contributed by atoms with Crippen molar-refractivity contribution in [3.05, 3.63) is 59.9 Å². The molecule has 1 aliphatic heterocycles. The van der Waals surface area contributed by atoms with Crippen molar-refractivity contribution >= 4 is 29.1 Å². The van der Waals surface area contributed by atoms with E-state index in [-0.39, 0.29) is 36.5 Å². The molecule has 2 aromatic rings. The summed E-state index contributed by atoms with van der Waals surface area (Å²) in [6.07, 6.45) is 1.91. The van der Waals surface area contributed by atoms with Gasteiger partial charge in [-0.05, 0) is 42.8 Å². The van der Waals surface area contributed by atoms with Crippen molar-refractivity contribution in [3.63, 3.8) is 0 Å². The lowest BCUT2D eigenvalue weighted by Gasteiger charge is -2.17. The van der Waals surface area contributed by atoms with Crippen LogP contribution in [0, 0.1) is 11.7 Å². The molecule has 6 nitrogen and oxygen atoms in total. The van der Waals surface area contributed by atoms with E-state index in [2.05, 4.69) is 10.6 Å². The average Bonchev–Trinajstić information content (AvgIpc) is 3.11. The molecule has 1 saturated heterocycles. The van der Waals surface area contributed by atoms with Gasteiger partial charge in [0.15, 0.2) is 0 Å². The molecule has 1 fully saturated rings. The number of para-hydroxylation sites is 1. The van der Waals surface area contributed by atoms with Crippen LogP contribution in [0.25, 0.3) is 0 Å². The summed E-state index contributed by atoms with van der Waals surface area (Å²) in [7, 11) is 0. The summed E-state index contributed by atoms with van der Waals surface area (Å²) in [6, 6.07) is 12.4. The van der Waals surface area contributed by atoms with Crippen LogP contribution >= 0.6 is 0 Å². The van der Waals surface area contributed by atoms with Crippen molar-refractivity contribution in [2.75, 3.05) is 23.3 Å². The Morgan fingerprint density at radius 1 is 1.14 bits per heavy atom. The number of carbonyl (C=O) groups is 3. The first-order valence-corrected chi connectivity index (χ1v) is 9.73. The van der Waals surface area contributed by atoms with Crippen LogP contribution in [0.4, 0.5) is 15.8 Å². The lowest BCUT2D eigenvalue weighted by atomic mass is 10.1. The van der Waals surface area contributed by atoms with Gasteiger partial charge in [-0.3, -0.25) is 14.4 Å². The van der Waals surface area contributed by atoms with Gasteiger partial charge in [0.1, 0.15) is 5.82 Å². The van der Waals surface area contributed by atoms with Crippen LogP contribution in [0.1, 0.15) is 36.5 Å². The summed E-state index contributed by atoms with van der Waals surface area (Å²) in [5.41, 5.74) is 1.36. The Kier molecular flexibility index (Phi) is 6.59. The second kappa shape index (κ2) is 9.32. The monoisotopic (exact) mass is 397 g/mol. The fourth-order valence-electron chi connectivity index (χ4n) is 3.25. The van der Waals surface area contributed by atoms with E-state index >= 15 is 0 Å². The van der Waals surface area contributed by atoms with E-state index in [0.717, 1.165) is 12.8 Å². The van der Waals surface area contributed by atoms with Crippen molar-refractivity contribution in [1.82, 2.24) is 5.32 Å². The molecule has 1 aliphatic rings. The smallest absolute Gasteiger partial charge is 0.253 e. The Labute approximate surface area is 169 Å². The number of rotatable bonds is 7. The Morgan fingerprint density at radius 3 is 2.59 bits per heavy atom. The Hall–Kier alpha value is -3.22. The summed E-state index contributed by atoms with van der Waals surface area (Å²) >= 11 is 0. The molecule has 0 aliphatic carbocycles. The second-order valence-corrected chi connectivity index (χ2v) is 7.03. The zero-order chi connectivity index (χ0) is 20.8. The largest absolute Gasteiger partial charge is 0.352 e. The number of amides is 3. The summed E-state index contributed by atoms with van der Waals surface area (Å²) in [5.74, 6) is -1.70. The topological polar surface area (TPSA) is 78.5 Å². The molecule has 0 spiro atoms. The molecule has 1 atom stereocenters. The number of halogens is 1. The molecule has 0 aromatic heterocycles. The number of nitrogens with one attached hydrogen (secondary N) is 2. The Balaban J connectivity index is 1.67. The van der Waals surface area contributed by atoms with Gasteiger partial charge < -0.3 is 15.5 Å². The Morgan fingerprint density at radius 2 is 1.86 bits per heavy atom. The number of unbranched alkanes of at least 4 members (excludes halogenated alkanes) is 1. The van der Waals surface area contributed by atoms with Crippen LogP contribution in [-0.4, -0.2) is 30.8 Å². The van der Waals surface area contributed by atoms with Crippen LogP contribution in [0.5, 0.6) is 0 Å². The number of hydrogen-bond acceptors (Lipinski definition) is 3. The first-order valence-electron chi connectivity index (χ1n) is 9.73. The molecule has 1 heterocycles. The molecule has 1 unspecified atom stereocenters. The van der Waals surface area contributed by atoms with Crippen molar-refractivity contribution in [2.45, 2.75) is 26.2 Å². The van der Waals surface area contributed by atoms with Gasteiger partial charge in [-0.25, -0.2) is 4.39 Å². The van der Waals surface area contributed by atoms with E-state index in [9.17, 15) is 18.8 Å². The second-order valence-electron chi connectivity index (χ2n) is 7.03. The molecular formula is C22H24FN3O3. The molecule has 0 radical (unpaired) electrons. The maximum Gasteiger partial charge on any atom is 0.253 e. The predicted molar refractivity (Wildman–Crippen MR) is 109 cm³/mol. The van der Waals surface area contributed by atoms with Gasteiger partial charge >= 0.3 is 0 Å². The zero-order valence-electron chi connectivity index (χ0n) is 16.3. The van der Waals surface area contributed by atoms with Crippen molar-refractivity contribution in [1.29, 1.82) is 0 Å². The van der Waals surface area contributed by atoms with Crippen LogP contribution in [0.2, 0.25) is 0 Å². The third kappa shape index (κ3) is 4.99. The van der Waals surface area contributed by atoms with E-state index in [1.165, 1.54) is 29.2 Å². The number of anilines is 2. The van der Waals surface area contributed by atoms with E-state index < -0.39 is 5.92 Å². The van der Waals surface area contributed by atoms with Gasteiger partial charge in [0.05, 0.1) is 17.2 Å². The average molecular weight is 397 g/mol. The molecule has 0 bridgehead atoms. The summed E-state index contributed by atoms with van der Waals surface area (Å²) in [4.78, 5) is 39.0. The van der Waals surface area contributed by atoms with E-state index in [0.29, 0.717) is 23.5 Å². The molecule has 152 valence electrons. The normalized spacial score (nSPS) is 16.0. The first kappa shape index (κ1) is 20.5. The summed E-state index contributed by atoms with van der Waals surface area (Å²) in [6.45, 7) is 2.82. The SMILES string of the molecule is CCCCNC(=O)c1ccccc1NC(=O)C1CC(=O)N(c2ccc(F)cc2)C1. The van der Waals surface area contributed by atoms with Crippen LogP contribution in [0.15, 0.2) is 48.5 Å². The zero-order valence-corrected chi connectivity index (χ0v) is 16.3. The van der Waals surface area contributed by atoms with Crippen molar-refractivity contribution < 1.29 is 18.8 Å². The highest BCUT2D eigenvalue weighted by molar-refractivity contribution is 6.07. The highest BCUT2D eigenvalue weighted by Crippen LogP contribution is 2.26. The maximum atomic E-state index is 13.1. The fourth-order valence-corrected chi connectivity index (χ4v) is 3.25. The molecule has 3 amide bonds.